The van der Waals surface area contributed by atoms with Gasteiger partial charge in [0.1, 0.15) is 11.6 Å². The first-order valence-corrected chi connectivity index (χ1v) is 11.1. The van der Waals surface area contributed by atoms with E-state index in [2.05, 4.69) is 10.2 Å². The van der Waals surface area contributed by atoms with Crippen molar-refractivity contribution < 1.29 is 14.7 Å². The molecule has 2 aromatic carbocycles. The zero-order chi connectivity index (χ0) is 25.4. The highest BCUT2D eigenvalue weighted by molar-refractivity contribution is 6.30. The van der Waals surface area contributed by atoms with Gasteiger partial charge in [-0.3, -0.25) is 19.3 Å². The van der Waals surface area contributed by atoms with E-state index in [0.29, 0.717) is 5.02 Å². The van der Waals surface area contributed by atoms with E-state index in [9.17, 15) is 24.8 Å². The Balaban J connectivity index is 1.86. The Morgan fingerprint density at radius 3 is 2.46 bits per heavy atom. The molecule has 0 saturated carbocycles. The van der Waals surface area contributed by atoms with E-state index in [-0.39, 0.29) is 51.8 Å². The first kappa shape index (κ1) is 23.9. The average molecular weight is 490 g/mol. The molecule has 0 saturated heterocycles. The van der Waals surface area contributed by atoms with Crippen LogP contribution in [0.2, 0.25) is 5.02 Å². The fraction of sp³-hybridized carbons (Fsp3) is 0.200. The van der Waals surface area contributed by atoms with Crippen LogP contribution >= 0.6 is 11.6 Å². The highest BCUT2D eigenvalue weighted by Gasteiger charge is 2.37. The number of azo groups is 1. The molecule has 4 rings (SSSR count). The zero-order valence-electron chi connectivity index (χ0n) is 19.1. The molecule has 1 aliphatic rings. The van der Waals surface area contributed by atoms with Crippen LogP contribution in [0.25, 0.3) is 5.69 Å². The summed E-state index contributed by atoms with van der Waals surface area (Å²) in [7, 11) is 0. The van der Waals surface area contributed by atoms with Crippen molar-refractivity contribution in [2.75, 3.05) is 6.54 Å². The molecule has 1 N–H and O–H groups in total. The number of aromatic nitrogens is 1. The first-order valence-electron chi connectivity index (χ1n) is 10.7. The third-order valence-corrected chi connectivity index (χ3v) is 5.77. The van der Waals surface area contributed by atoms with Crippen molar-refractivity contribution in [2.24, 2.45) is 16.1 Å². The van der Waals surface area contributed by atoms with Crippen molar-refractivity contribution in [3.05, 3.63) is 80.1 Å². The van der Waals surface area contributed by atoms with Crippen LogP contribution in [-0.4, -0.2) is 32.9 Å². The molecule has 176 valence electrons. The van der Waals surface area contributed by atoms with Gasteiger partial charge in [-0.2, -0.15) is 5.26 Å². The third kappa shape index (κ3) is 4.09. The van der Waals surface area contributed by atoms with E-state index < -0.39 is 23.3 Å². The molecule has 0 aliphatic carbocycles. The lowest BCUT2D eigenvalue weighted by molar-refractivity contribution is 0.0636. The second kappa shape index (κ2) is 9.16. The molecule has 0 spiro atoms. The Morgan fingerprint density at radius 2 is 1.80 bits per heavy atom. The highest BCUT2D eigenvalue weighted by Crippen LogP contribution is 2.34. The lowest BCUT2D eigenvalue weighted by Gasteiger charge is -2.15. The van der Waals surface area contributed by atoms with Crippen LogP contribution < -0.4 is 5.56 Å². The minimum absolute atomic E-state index is 0.0799. The number of amides is 2. The minimum Gasteiger partial charge on any atom is -0.493 e. The van der Waals surface area contributed by atoms with Gasteiger partial charge in [0.2, 0.25) is 5.88 Å². The van der Waals surface area contributed by atoms with Gasteiger partial charge < -0.3 is 5.11 Å². The van der Waals surface area contributed by atoms with Crippen LogP contribution in [0.1, 0.15) is 45.7 Å². The largest absolute Gasteiger partial charge is 0.493 e. The molecular weight excluding hydrogens is 470 g/mol. The van der Waals surface area contributed by atoms with Crippen molar-refractivity contribution in [3.63, 3.8) is 0 Å². The Labute approximate surface area is 205 Å². The lowest BCUT2D eigenvalue weighted by Crippen LogP contribution is -2.33. The molecule has 0 atom stereocenters. The van der Waals surface area contributed by atoms with E-state index >= 15 is 0 Å². The number of hydrogen-bond donors (Lipinski definition) is 1. The number of carbonyl (C=O) groups is 2. The summed E-state index contributed by atoms with van der Waals surface area (Å²) in [5, 5.41) is 28.8. The number of imide groups is 1. The summed E-state index contributed by atoms with van der Waals surface area (Å²) in [5.74, 6) is -1.37. The second-order valence-corrected chi connectivity index (χ2v) is 8.86. The smallest absolute Gasteiger partial charge is 0.286 e. The van der Waals surface area contributed by atoms with Crippen molar-refractivity contribution >= 4 is 34.8 Å². The van der Waals surface area contributed by atoms with Crippen LogP contribution in [0.4, 0.5) is 11.4 Å². The summed E-state index contributed by atoms with van der Waals surface area (Å²) >= 11 is 6.04. The van der Waals surface area contributed by atoms with Crippen molar-refractivity contribution in [2.45, 2.75) is 20.8 Å². The fourth-order valence-corrected chi connectivity index (χ4v) is 4.09. The summed E-state index contributed by atoms with van der Waals surface area (Å²) in [6.45, 7) is 5.52. The van der Waals surface area contributed by atoms with Gasteiger partial charge in [0.15, 0.2) is 5.69 Å². The van der Waals surface area contributed by atoms with E-state index in [1.807, 2.05) is 19.9 Å². The zero-order valence-corrected chi connectivity index (χ0v) is 19.9. The molecule has 0 radical (unpaired) electrons. The molecule has 10 heteroatoms. The SMILES string of the molecule is Cc1c(C#N)c(O)n(-c2cccc(Cl)c2)c(=O)c1N=Nc1cccc2c1C(=O)N(CC(C)C)C2=O. The molecule has 1 aliphatic heterocycles. The van der Waals surface area contributed by atoms with Gasteiger partial charge in [0, 0.05) is 17.1 Å². The monoisotopic (exact) mass is 489 g/mol. The molecule has 0 unspecified atom stereocenters. The number of benzene rings is 2. The van der Waals surface area contributed by atoms with Crippen LogP contribution in [0.3, 0.4) is 0 Å². The van der Waals surface area contributed by atoms with Gasteiger partial charge in [0.05, 0.1) is 22.5 Å². The maximum atomic E-state index is 13.3. The molecule has 3 aromatic rings. The number of rotatable bonds is 5. The topological polar surface area (TPSA) is 128 Å². The van der Waals surface area contributed by atoms with Gasteiger partial charge in [-0.15, -0.1) is 10.2 Å². The number of nitrogens with zero attached hydrogens (tertiary/aromatic N) is 5. The van der Waals surface area contributed by atoms with Crippen LogP contribution in [0, 0.1) is 24.2 Å². The van der Waals surface area contributed by atoms with Crippen molar-refractivity contribution in [1.29, 1.82) is 5.26 Å². The molecule has 0 fully saturated rings. The van der Waals surface area contributed by atoms with E-state index in [0.717, 1.165) is 4.57 Å². The predicted octanol–water partition coefficient (Wildman–Crippen LogP) is 5.04. The Kier molecular flexibility index (Phi) is 6.24. The Bertz CT molecular complexity index is 1520. The van der Waals surface area contributed by atoms with Crippen LogP contribution in [-0.2, 0) is 0 Å². The molecule has 0 bridgehead atoms. The first-order chi connectivity index (χ1) is 16.6. The van der Waals surface area contributed by atoms with Gasteiger partial charge in [0.25, 0.3) is 17.4 Å². The number of hydrogen-bond acceptors (Lipinski definition) is 7. The second-order valence-electron chi connectivity index (χ2n) is 8.42. The van der Waals surface area contributed by atoms with Gasteiger partial charge in [-0.1, -0.05) is 37.6 Å². The quantitative estimate of drug-likeness (QED) is 0.396. The van der Waals surface area contributed by atoms with Crippen molar-refractivity contribution in [3.8, 4) is 17.6 Å². The number of pyridine rings is 1. The van der Waals surface area contributed by atoms with Crippen LogP contribution in [0.15, 0.2) is 57.5 Å². The number of carbonyl (C=O) groups excluding carboxylic acids is 2. The maximum absolute atomic E-state index is 13.3. The van der Waals surface area contributed by atoms with Gasteiger partial charge in [-0.25, -0.2) is 4.57 Å². The molecule has 1 aromatic heterocycles. The number of nitriles is 1. The van der Waals surface area contributed by atoms with Gasteiger partial charge in [-0.05, 0) is 43.2 Å². The third-order valence-electron chi connectivity index (χ3n) is 5.53. The summed E-state index contributed by atoms with van der Waals surface area (Å²) in [6, 6.07) is 12.7. The lowest BCUT2D eigenvalue weighted by atomic mass is 10.1. The predicted molar refractivity (Wildman–Crippen MR) is 129 cm³/mol. The maximum Gasteiger partial charge on any atom is 0.286 e. The van der Waals surface area contributed by atoms with Crippen LogP contribution in [0.5, 0.6) is 5.88 Å². The minimum atomic E-state index is -0.735. The summed E-state index contributed by atoms with van der Waals surface area (Å²) < 4.78 is 0.917. The molecule has 9 nitrogen and oxygen atoms in total. The summed E-state index contributed by atoms with van der Waals surface area (Å²) in [4.78, 5) is 40.2. The summed E-state index contributed by atoms with van der Waals surface area (Å²) in [5.41, 5.74) is -0.308. The fourth-order valence-electron chi connectivity index (χ4n) is 3.90. The summed E-state index contributed by atoms with van der Waals surface area (Å²) in [6.07, 6.45) is 0. The normalized spacial score (nSPS) is 13.1. The number of fused-ring (bicyclic) bond motifs is 1. The Morgan fingerprint density at radius 1 is 1.09 bits per heavy atom. The Hall–Kier alpha value is -4.29. The number of aromatic hydroxyl groups is 1. The molecule has 2 heterocycles. The standard InChI is InChI=1S/C25H20ClN5O4/c1-13(2)12-30-22(32)17-8-5-9-19(20(17)24(30)34)28-29-21-14(3)18(11-27)23(33)31(25(21)35)16-7-4-6-15(26)10-16/h4-10,13,33H,12H2,1-3H3. The number of halogens is 1. The van der Waals surface area contributed by atoms with Gasteiger partial charge >= 0.3 is 0 Å². The average Bonchev–Trinajstić information content (AvgIpc) is 3.04. The molecule has 2 amide bonds. The van der Waals surface area contributed by atoms with E-state index in [4.69, 9.17) is 11.6 Å². The molecule has 35 heavy (non-hydrogen) atoms. The molecular formula is C25H20ClN5O4. The van der Waals surface area contributed by atoms with Crippen molar-refractivity contribution in [1.82, 2.24) is 9.47 Å². The van der Waals surface area contributed by atoms with E-state index in [1.54, 1.807) is 30.3 Å². The van der Waals surface area contributed by atoms with E-state index in [1.165, 1.54) is 24.0 Å². The highest BCUT2D eigenvalue weighted by atomic mass is 35.5.